The van der Waals surface area contributed by atoms with Crippen molar-refractivity contribution in [2.45, 2.75) is 44.1 Å². The van der Waals surface area contributed by atoms with Crippen LogP contribution in [0.5, 0.6) is 0 Å². The van der Waals surface area contributed by atoms with Gasteiger partial charge in [0.2, 0.25) is 0 Å². The van der Waals surface area contributed by atoms with E-state index in [2.05, 4.69) is 0 Å². The van der Waals surface area contributed by atoms with Gasteiger partial charge in [0.05, 0.1) is 6.61 Å². The van der Waals surface area contributed by atoms with Gasteiger partial charge in [0.25, 0.3) is 0 Å². The Balaban J connectivity index is 1.63. The zero-order chi connectivity index (χ0) is 13.9. The van der Waals surface area contributed by atoms with E-state index < -0.39 is 5.92 Å². The number of aliphatic hydroxyl groups is 1. The number of benzene rings is 1. The van der Waals surface area contributed by atoms with E-state index in [1.54, 1.807) is 0 Å². The third-order valence-electron chi connectivity index (χ3n) is 4.79. The summed E-state index contributed by atoms with van der Waals surface area (Å²) in [6, 6.07) is 9.40. The summed E-state index contributed by atoms with van der Waals surface area (Å²) in [7, 11) is 0. The molecule has 1 aromatic carbocycles. The molecule has 108 valence electrons. The SMILES string of the molecule is O=C(OC1CC2CCC(C2)C1)C(CO)c1ccccc1. The Morgan fingerprint density at radius 3 is 2.40 bits per heavy atom. The average Bonchev–Trinajstić information content (AvgIpc) is 2.80. The fraction of sp³-hybridized carbons (Fsp3) is 0.588. The standard InChI is InChI=1S/C17H22O3/c18-11-16(14-4-2-1-3-5-14)17(19)20-15-9-12-6-7-13(8-12)10-15/h1-5,12-13,15-16,18H,6-11H2. The van der Waals surface area contributed by atoms with Crippen molar-refractivity contribution in [2.75, 3.05) is 6.61 Å². The van der Waals surface area contributed by atoms with Crippen molar-refractivity contribution < 1.29 is 14.6 Å². The van der Waals surface area contributed by atoms with Crippen LogP contribution in [0.2, 0.25) is 0 Å². The highest BCUT2D eigenvalue weighted by Gasteiger charge is 2.36. The molecule has 3 unspecified atom stereocenters. The van der Waals surface area contributed by atoms with Crippen molar-refractivity contribution in [1.29, 1.82) is 0 Å². The second kappa shape index (κ2) is 5.96. The third-order valence-corrected chi connectivity index (χ3v) is 4.79. The van der Waals surface area contributed by atoms with Gasteiger partial charge in [0.15, 0.2) is 0 Å². The minimum absolute atomic E-state index is 0.0616. The van der Waals surface area contributed by atoms with Crippen LogP contribution in [-0.2, 0) is 9.53 Å². The Hall–Kier alpha value is -1.35. The van der Waals surface area contributed by atoms with Gasteiger partial charge >= 0.3 is 5.97 Å². The molecule has 2 aliphatic rings. The van der Waals surface area contributed by atoms with E-state index in [4.69, 9.17) is 4.74 Å². The molecule has 0 spiro atoms. The first-order chi connectivity index (χ1) is 9.76. The van der Waals surface area contributed by atoms with Gasteiger partial charge in [-0.15, -0.1) is 0 Å². The Morgan fingerprint density at radius 1 is 1.15 bits per heavy atom. The van der Waals surface area contributed by atoms with Gasteiger partial charge in [-0.25, -0.2) is 0 Å². The number of carbonyl (C=O) groups excluding carboxylic acids is 1. The molecule has 0 aliphatic heterocycles. The zero-order valence-electron chi connectivity index (χ0n) is 11.7. The minimum Gasteiger partial charge on any atom is -0.462 e. The molecule has 0 saturated heterocycles. The monoisotopic (exact) mass is 274 g/mol. The van der Waals surface area contributed by atoms with E-state index in [0.717, 1.165) is 30.2 Å². The lowest BCUT2D eigenvalue weighted by Gasteiger charge is -2.28. The normalized spacial score (nSPS) is 29.9. The highest BCUT2D eigenvalue weighted by atomic mass is 16.5. The van der Waals surface area contributed by atoms with Gasteiger partial charge < -0.3 is 9.84 Å². The predicted molar refractivity (Wildman–Crippen MR) is 76.2 cm³/mol. The molecule has 0 aromatic heterocycles. The molecule has 2 fully saturated rings. The summed E-state index contributed by atoms with van der Waals surface area (Å²) in [4.78, 5) is 12.3. The van der Waals surface area contributed by atoms with Crippen LogP contribution in [-0.4, -0.2) is 23.8 Å². The number of ether oxygens (including phenoxy) is 1. The maximum Gasteiger partial charge on any atom is 0.316 e. The summed E-state index contributed by atoms with van der Waals surface area (Å²) in [5, 5.41) is 9.49. The lowest BCUT2D eigenvalue weighted by atomic mass is 9.87. The average molecular weight is 274 g/mol. The molecule has 3 rings (SSSR count). The van der Waals surface area contributed by atoms with Crippen LogP contribution in [0.3, 0.4) is 0 Å². The second-order valence-electron chi connectivity index (χ2n) is 6.22. The van der Waals surface area contributed by atoms with Gasteiger partial charge in [-0.3, -0.25) is 4.79 Å². The lowest BCUT2D eigenvalue weighted by Crippen LogP contribution is -2.29. The third kappa shape index (κ3) is 2.88. The quantitative estimate of drug-likeness (QED) is 0.859. The van der Waals surface area contributed by atoms with Crippen LogP contribution in [0.25, 0.3) is 0 Å². The Bertz CT molecular complexity index is 445. The lowest BCUT2D eigenvalue weighted by molar-refractivity contribution is -0.154. The van der Waals surface area contributed by atoms with E-state index in [-0.39, 0.29) is 18.7 Å². The number of aliphatic hydroxyl groups excluding tert-OH is 1. The van der Waals surface area contributed by atoms with E-state index in [1.807, 2.05) is 30.3 Å². The molecular weight excluding hydrogens is 252 g/mol. The topological polar surface area (TPSA) is 46.5 Å². The summed E-state index contributed by atoms with van der Waals surface area (Å²) in [5.74, 6) is 0.674. The predicted octanol–water partition coefficient (Wildman–Crippen LogP) is 2.88. The molecule has 20 heavy (non-hydrogen) atoms. The molecule has 2 saturated carbocycles. The van der Waals surface area contributed by atoms with Crippen molar-refractivity contribution >= 4 is 5.97 Å². The summed E-state index contributed by atoms with van der Waals surface area (Å²) in [5.41, 5.74) is 0.832. The largest absolute Gasteiger partial charge is 0.462 e. The van der Waals surface area contributed by atoms with Crippen LogP contribution >= 0.6 is 0 Å². The smallest absolute Gasteiger partial charge is 0.316 e. The fourth-order valence-electron chi connectivity index (χ4n) is 3.79. The minimum atomic E-state index is -0.546. The maximum absolute atomic E-state index is 12.3. The van der Waals surface area contributed by atoms with E-state index in [9.17, 15) is 9.90 Å². The number of rotatable bonds is 4. The van der Waals surface area contributed by atoms with Crippen molar-refractivity contribution in [3.63, 3.8) is 0 Å². The molecular formula is C17H22O3. The second-order valence-corrected chi connectivity index (χ2v) is 6.22. The van der Waals surface area contributed by atoms with Gasteiger partial charge in [0.1, 0.15) is 12.0 Å². The van der Waals surface area contributed by atoms with Crippen molar-refractivity contribution in [1.82, 2.24) is 0 Å². The number of fused-ring (bicyclic) bond motifs is 2. The molecule has 3 atom stereocenters. The molecule has 3 heteroatoms. The van der Waals surface area contributed by atoms with Crippen LogP contribution in [0.4, 0.5) is 0 Å². The first-order valence-corrected chi connectivity index (χ1v) is 7.62. The molecule has 0 amide bonds. The number of hydrogen-bond donors (Lipinski definition) is 1. The summed E-state index contributed by atoms with van der Waals surface area (Å²) >= 11 is 0. The van der Waals surface area contributed by atoms with Crippen molar-refractivity contribution in [3.8, 4) is 0 Å². The molecule has 2 aliphatic carbocycles. The summed E-state index contributed by atoms with van der Waals surface area (Å²) in [6.45, 7) is -0.192. The highest BCUT2D eigenvalue weighted by molar-refractivity contribution is 5.78. The molecule has 0 radical (unpaired) electrons. The van der Waals surface area contributed by atoms with Crippen LogP contribution in [0.1, 0.15) is 43.6 Å². The Morgan fingerprint density at radius 2 is 1.80 bits per heavy atom. The molecule has 3 nitrogen and oxygen atoms in total. The summed E-state index contributed by atoms with van der Waals surface area (Å²) < 4.78 is 5.68. The maximum atomic E-state index is 12.3. The number of carbonyl (C=O) groups is 1. The van der Waals surface area contributed by atoms with E-state index in [1.165, 1.54) is 19.3 Å². The first kappa shape index (κ1) is 13.6. The summed E-state index contributed by atoms with van der Waals surface area (Å²) in [6.07, 6.45) is 5.98. The van der Waals surface area contributed by atoms with E-state index >= 15 is 0 Å². The van der Waals surface area contributed by atoms with Gasteiger partial charge in [-0.2, -0.15) is 0 Å². The molecule has 1 N–H and O–H groups in total. The van der Waals surface area contributed by atoms with Crippen LogP contribution < -0.4 is 0 Å². The van der Waals surface area contributed by atoms with Crippen LogP contribution in [0, 0.1) is 11.8 Å². The van der Waals surface area contributed by atoms with E-state index in [0.29, 0.717) is 0 Å². The molecule has 1 aromatic rings. The van der Waals surface area contributed by atoms with Gasteiger partial charge in [0, 0.05) is 0 Å². The molecule has 0 heterocycles. The highest BCUT2D eigenvalue weighted by Crippen LogP contribution is 2.43. The molecule has 2 bridgehead atoms. The number of esters is 1. The Kier molecular flexibility index (Phi) is 4.06. The first-order valence-electron chi connectivity index (χ1n) is 7.62. The van der Waals surface area contributed by atoms with Crippen molar-refractivity contribution in [3.05, 3.63) is 35.9 Å². The Labute approximate surface area is 120 Å². The van der Waals surface area contributed by atoms with Gasteiger partial charge in [-0.1, -0.05) is 43.2 Å². The fourth-order valence-corrected chi connectivity index (χ4v) is 3.79. The van der Waals surface area contributed by atoms with Gasteiger partial charge in [-0.05, 0) is 36.7 Å². The van der Waals surface area contributed by atoms with Crippen LogP contribution in [0.15, 0.2) is 30.3 Å². The number of hydrogen-bond acceptors (Lipinski definition) is 3. The van der Waals surface area contributed by atoms with Crippen molar-refractivity contribution in [2.24, 2.45) is 11.8 Å². The zero-order valence-corrected chi connectivity index (χ0v) is 11.7.